The maximum absolute atomic E-state index is 9.09. The lowest BCUT2D eigenvalue weighted by Gasteiger charge is -2.08. The lowest BCUT2D eigenvalue weighted by molar-refractivity contribution is 0.280. The molecule has 2 rings (SSSR count). The largest absolute Gasteiger partial charge is 0.494 e. The fraction of sp³-hybridized carbons (Fsp3) is 0.267. The van der Waals surface area contributed by atoms with Gasteiger partial charge in [-0.05, 0) is 49.7 Å². The minimum absolute atomic E-state index is 0.0117. The van der Waals surface area contributed by atoms with Crippen molar-refractivity contribution in [2.75, 3.05) is 6.61 Å². The second kappa shape index (κ2) is 6.20. The maximum atomic E-state index is 9.09. The number of hydrogen-bond acceptors (Lipinski definition) is 4. The summed E-state index contributed by atoms with van der Waals surface area (Å²) in [7, 11) is 0. The molecule has 1 N–H and O–H groups in total. The van der Waals surface area contributed by atoms with Crippen LogP contribution in [0.2, 0.25) is 0 Å². The van der Waals surface area contributed by atoms with Gasteiger partial charge in [-0.1, -0.05) is 0 Å². The van der Waals surface area contributed by atoms with Crippen LogP contribution in [-0.4, -0.2) is 16.7 Å². The highest BCUT2D eigenvalue weighted by Gasteiger charge is 2.03. The third-order valence-corrected chi connectivity index (χ3v) is 2.70. The monoisotopic (exact) mass is 259 g/mol. The molecule has 100 valence electrons. The van der Waals surface area contributed by atoms with E-state index in [1.54, 1.807) is 6.07 Å². The zero-order valence-electron chi connectivity index (χ0n) is 11.1. The van der Waals surface area contributed by atoms with Crippen LogP contribution < -0.4 is 9.47 Å². The molecule has 0 aliphatic heterocycles. The second-order valence-corrected chi connectivity index (χ2v) is 4.06. The van der Waals surface area contributed by atoms with Gasteiger partial charge in [0.2, 0.25) is 5.88 Å². The van der Waals surface area contributed by atoms with Gasteiger partial charge in [-0.2, -0.15) is 0 Å². The molecule has 0 atom stereocenters. The number of hydrogen-bond donors (Lipinski definition) is 1. The van der Waals surface area contributed by atoms with Gasteiger partial charge < -0.3 is 14.6 Å². The van der Waals surface area contributed by atoms with Gasteiger partial charge in [-0.3, -0.25) is 0 Å². The Labute approximate surface area is 112 Å². The lowest BCUT2D eigenvalue weighted by atomic mass is 10.2. The Hall–Kier alpha value is -2.07. The highest BCUT2D eigenvalue weighted by Crippen LogP contribution is 2.23. The Balaban J connectivity index is 2.10. The quantitative estimate of drug-likeness (QED) is 0.896. The molecular formula is C15H17NO3. The molecule has 1 aromatic carbocycles. The molecule has 0 unspecified atom stereocenters. The first-order valence-corrected chi connectivity index (χ1v) is 6.21. The normalized spacial score (nSPS) is 10.3. The minimum Gasteiger partial charge on any atom is -0.494 e. The van der Waals surface area contributed by atoms with Crippen LogP contribution in [0.15, 0.2) is 36.4 Å². The maximum Gasteiger partial charge on any atom is 0.219 e. The van der Waals surface area contributed by atoms with Crippen LogP contribution in [0.3, 0.4) is 0 Å². The first-order valence-electron chi connectivity index (χ1n) is 6.21. The molecule has 0 spiro atoms. The molecule has 1 aromatic heterocycles. The van der Waals surface area contributed by atoms with Crippen molar-refractivity contribution in [1.29, 1.82) is 0 Å². The van der Waals surface area contributed by atoms with E-state index < -0.39 is 0 Å². The van der Waals surface area contributed by atoms with E-state index in [-0.39, 0.29) is 6.61 Å². The molecule has 1 heterocycles. The standard InChI is InChI=1S/C15H17NO3/c1-3-18-13-5-7-14(8-6-13)19-15-9-4-12(10-17)11(2)16-15/h4-9,17H,3,10H2,1-2H3. The first-order chi connectivity index (χ1) is 9.22. The molecule has 0 radical (unpaired) electrons. The molecule has 19 heavy (non-hydrogen) atoms. The molecular weight excluding hydrogens is 242 g/mol. The number of aryl methyl sites for hydroxylation is 1. The van der Waals surface area contributed by atoms with E-state index in [0.717, 1.165) is 17.0 Å². The third-order valence-electron chi connectivity index (χ3n) is 2.70. The van der Waals surface area contributed by atoms with Crippen molar-refractivity contribution in [3.8, 4) is 17.4 Å². The van der Waals surface area contributed by atoms with Crippen molar-refractivity contribution >= 4 is 0 Å². The molecule has 0 saturated heterocycles. The van der Waals surface area contributed by atoms with Crippen LogP contribution in [0.4, 0.5) is 0 Å². The van der Waals surface area contributed by atoms with Crippen LogP contribution in [0.5, 0.6) is 17.4 Å². The highest BCUT2D eigenvalue weighted by atomic mass is 16.5. The van der Waals surface area contributed by atoms with E-state index >= 15 is 0 Å². The van der Waals surface area contributed by atoms with Gasteiger partial charge in [0.1, 0.15) is 11.5 Å². The molecule has 0 amide bonds. The lowest BCUT2D eigenvalue weighted by Crippen LogP contribution is -1.95. The van der Waals surface area contributed by atoms with Crippen molar-refractivity contribution < 1.29 is 14.6 Å². The van der Waals surface area contributed by atoms with Crippen molar-refractivity contribution in [3.05, 3.63) is 47.7 Å². The van der Waals surface area contributed by atoms with Crippen molar-refractivity contribution in [2.24, 2.45) is 0 Å². The number of benzene rings is 1. The predicted octanol–water partition coefficient (Wildman–Crippen LogP) is 3.07. The van der Waals surface area contributed by atoms with E-state index in [1.807, 2.05) is 44.2 Å². The average molecular weight is 259 g/mol. The average Bonchev–Trinajstić information content (AvgIpc) is 2.42. The van der Waals surface area contributed by atoms with E-state index in [2.05, 4.69) is 4.98 Å². The Morgan fingerprint density at radius 3 is 2.32 bits per heavy atom. The third kappa shape index (κ3) is 3.45. The SMILES string of the molecule is CCOc1ccc(Oc2ccc(CO)c(C)n2)cc1. The molecule has 0 fully saturated rings. The smallest absolute Gasteiger partial charge is 0.219 e. The fourth-order valence-electron chi connectivity index (χ4n) is 1.68. The molecule has 0 aliphatic carbocycles. The topological polar surface area (TPSA) is 51.6 Å². The van der Waals surface area contributed by atoms with Crippen molar-refractivity contribution in [3.63, 3.8) is 0 Å². The van der Waals surface area contributed by atoms with Gasteiger partial charge in [0.25, 0.3) is 0 Å². The molecule has 4 nitrogen and oxygen atoms in total. The van der Waals surface area contributed by atoms with E-state index in [9.17, 15) is 0 Å². The Bertz CT molecular complexity index is 538. The zero-order valence-corrected chi connectivity index (χ0v) is 11.1. The number of rotatable bonds is 5. The van der Waals surface area contributed by atoms with Gasteiger partial charge in [0, 0.05) is 11.8 Å². The Morgan fingerprint density at radius 2 is 1.74 bits per heavy atom. The van der Waals surface area contributed by atoms with Gasteiger partial charge in [-0.15, -0.1) is 0 Å². The fourth-order valence-corrected chi connectivity index (χ4v) is 1.68. The van der Waals surface area contributed by atoms with Gasteiger partial charge in [0.05, 0.1) is 13.2 Å². The van der Waals surface area contributed by atoms with E-state index in [0.29, 0.717) is 18.2 Å². The molecule has 0 bridgehead atoms. The predicted molar refractivity (Wildman–Crippen MR) is 72.6 cm³/mol. The summed E-state index contributed by atoms with van der Waals surface area (Å²) in [5.74, 6) is 2.03. The van der Waals surface area contributed by atoms with Crippen LogP contribution in [0.1, 0.15) is 18.2 Å². The van der Waals surface area contributed by atoms with Gasteiger partial charge in [-0.25, -0.2) is 4.98 Å². The number of aromatic nitrogens is 1. The number of pyridine rings is 1. The summed E-state index contributed by atoms with van der Waals surface area (Å²) in [6, 6.07) is 10.9. The van der Waals surface area contributed by atoms with Gasteiger partial charge >= 0.3 is 0 Å². The number of aliphatic hydroxyl groups excluding tert-OH is 1. The summed E-state index contributed by atoms with van der Waals surface area (Å²) >= 11 is 0. The summed E-state index contributed by atoms with van der Waals surface area (Å²) in [6.45, 7) is 4.42. The zero-order chi connectivity index (χ0) is 13.7. The Kier molecular flexibility index (Phi) is 4.36. The number of nitrogens with zero attached hydrogens (tertiary/aromatic N) is 1. The van der Waals surface area contributed by atoms with Crippen molar-refractivity contribution in [2.45, 2.75) is 20.5 Å². The summed E-state index contributed by atoms with van der Waals surface area (Å²) in [4.78, 5) is 4.28. The molecule has 0 aliphatic rings. The summed E-state index contributed by atoms with van der Waals surface area (Å²) in [5.41, 5.74) is 1.57. The summed E-state index contributed by atoms with van der Waals surface area (Å²) < 4.78 is 11.0. The van der Waals surface area contributed by atoms with E-state index in [1.165, 1.54) is 0 Å². The van der Waals surface area contributed by atoms with Crippen LogP contribution in [-0.2, 0) is 6.61 Å². The molecule has 2 aromatic rings. The van der Waals surface area contributed by atoms with Crippen LogP contribution >= 0.6 is 0 Å². The van der Waals surface area contributed by atoms with E-state index in [4.69, 9.17) is 14.6 Å². The Morgan fingerprint density at radius 1 is 1.05 bits per heavy atom. The number of ether oxygens (including phenoxy) is 2. The second-order valence-electron chi connectivity index (χ2n) is 4.06. The summed E-state index contributed by atoms with van der Waals surface area (Å²) in [5, 5.41) is 9.09. The summed E-state index contributed by atoms with van der Waals surface area (Å²) in [6.07, 6.45) is 0. The molecule has 0 saturated carbocycles. The van der Waals surface area contributed by atoms with Crippen LogP contribution in [0.25, 0.3) is 0 Å². The highest BCUT2D eigenvalue weighted by molar-refractivity contribution is 5.34. The minimum atomic E-state index is -0.0117. The first kappa shape index (κ1) is 13.4. The van der Waals surface area contributed by atoms with Crippen LogP contribution in [0, 0.1) is 6.92 Å². The van der Waals surface area contributed by atoms with Crippen molar-refractivity contribution in [1.82, 2.24) is 4.98 Å². The molecule has 4 heteroatoms. The number of aliphatic hydroxyl groups is 1. The van der Waals surface area contributed by atoms with Gasteiger partial charge in [0.15, 0.2) is 0 Å².